The molecule has 0 aliphatic carbocycles. The Balaban J connectivity index is 2.60. The Bertz CT molecular complexity index is 665. The lowest BCUT2D eigenvalue weighted by Crippen LogP contribution is -2.26. The number of nitrogens with zero attached hydrogens (tertiary/aromatic N) is 1. The van der Waals surface area contributed by atoms with Crippen molar-refractivity contribution in [2.75, 3.05) is 14.2 Å². The molecular formula is C12H10BrNO4. The van der Waals surface area contributed by atoms with Crippen molar-refractivity contribution in [2.24, 2.45) is 0 Å². The summed E-state index contributed by atoms with van der Waals surface area (Å²) in [4.78, 5) is 28.4. The van der Waals surface area contributed by atoms with Gasteiger partial charge in [0, 0.05) is 17.6 Å². The van der Waals surface area contributed by atoms with Gasteiger partial charge in [0.15, 0.2) is 11.2 Å². The molecule has 0 atom stereocenters. The molecule has 2 aromatic rings. The van der Waals surface area contributed by atoms with Crippen LogP contribution in [0.3, 0.4) is 0 Å². The topological polar surface area (TPSA) is 59.8 Å². The summed E-state index contributed by atoms with van der Waals surface area (Å²) < 4.78 is 6.16. The van der Waals surface area contributed by atoms with Crippen molar-refractivity contribution < 1.29 is 14.0 Å². The van der Waals surface area contributed by atoms with E-state index in [4.69, 9.17) is 9.25 Å². The molecule has 5 nitrogen and oxygen atoms in total. The molecule has 1 aromatic carbocycles. The number of fused-ring (bicyclic) bond motifs is 1. The third-order valence-corrected chi connectivity index (χ3v) is 2.95. The molecule has 0 bridgehead atoms. The number of hydrogen-bond acceptors (Lipinski definition) is 4. The minimum absolute atomic E-state index is 0.0563. The van der Waals surface area contributed by atoms with Gasteiger partial charge in [0.1, 0.15) is 5.58 Å². The average molecular weight is 312 g/mol. The van der Waals surface area contributed by atoms with Crippen LogP contribution in [0, 0.1) is 0 Å². The molecule has 0 spiro atoms. The van der Waals surface area contributed by atoms with Crippen LogP contribution in [-0.2, 0) is 4.84 Å². The molecule has 0 aliphatic heterocycles. The molecular weight excluding hydrogens is 302 g/mol. The van der Waals surface area contributed by atoms with Crippen LogP contribution in [-0.4, -0.2) is 25.1 Å². The average Bonchev–Trinajstić information content (AvgIpc) is 2.37. The molecule has 94 valence electrons. The van der Waals surface area contributed by atoms with E-state index < -0.39 is 5.91 Å². The second-order valence-corrected chi connectivity index (χ2v) is 4.52. The highest BCUT2D eigenvalue weighted by molar-refractivity contribution is 9.10. The quantitative estimate of drug-likeness (QED) is 0.798. The maximum atomic E-state index is 11.9. The molecule has 2 rings (SSSR count). The number of hydrogen-bond donors (Lipinski definition) is 0. The Labute approximate surface area is 111 Å². The van der Waals surface area contributed by atoms with Gasteiger partial charge >= 0.3 is 5.91 Å². The summed E-state index contributed by atoms with van der Waals surface area (Å²) in [5.74, 6) is -0.571. The van der Waals surface area contributed by atoms with Crippen molar-refractivity contribution in [1.82, 2.24) is 5.06 Å². The Morgan fingerprint density at radius 3 is 2.78 bits per heavy atom. The van der Waals surface area contributed by atoms with Crippen molar-refractivity contribution in [3.63, 3.8) is 0 Å². The Morgan fingerprint density at radius 1 is 1.39 bits per heavy atom. The summed E-state index contributed by atoms with van der Waals surface area (Å²) in [5.41, 5.74) is 0.0870. The summed E-state index contributed by atoms with van der Waals surface area (Å²) >= 11 is 3.27. The van der Waals surface area contributed by atoms with Gasteiger partial charge in [0.2, 0.25) is 0 Å². The van der Waals surface area contributed by atoms with Crippen LogP contribution in [0.4, 0.5) is 0 Å². The predicted octanol–water partition coefficient (Wildman–Crippen LogP) is 2.19. The third kappa shape index (κ3) is 2.30. The van der Waals surface area contributed by atoms with E-state index in [0.29, 0.717) is 11.0 Å². The van der Waals surface area contributed by atoms with Gasteiger partial charge in [-0.1, -0.05) is 15.9 Å². The first-order valence-corrected chi connectivity index (χ1v) is 5.88. The van der Waals surface area contributed by atoms with Gasteiger partial charge in [-0.15, -0.1) is 0 Å². The van der Waals surface area contributed by atoms with Gasteiger partial charge < -0.3 is 4.42 Å². The molecule has 0 saturated heterocycles. The fourth-order valence-electron chi connectivity index (χ4n) is 1.47. The number of amides is 1. The van der Waals surface area contributed by atoms with Gasteiger partial charge in [0.05, 0.1) is 12.5 Å². The zero-order valence-electron chi connectivity index (χ0n) is 9.77. The fraction of sp³-hybridized carbons (Fsp3) is 0.167. The Kier molecular flexibility index (Phi) is 3.49. The lowest BCUT2D eigenvalue weighted by Gasteiger charge is -2.12. The molecule has 18 heavy (non-hydrogen) atoms. The largest absolute Gasteiger partial charge is 0.451 e. The lowest BCUT2D eigenvalue weighted by molar-refractivity contribution is -0.0773. The highest BCUT2D eigenvalue weighted by Crippen LogP contribution is 2.18. The first-order chi connectivity index (χ1) is 8.52. The molecule has 0 fully saturated rings. The molecule has 6 heteroatoms. The molecule has 0 unspecified atom stereocenters. The van der Waals surface area contributed by atoms with Crippen LogP contribution in [0.5, 0.6) is 0 Å². The van der Waals surface area contributed by atoms with E-state index in [0.717, 1.165) is 15.6 Å². The molecule has 1 heterocycles. The summed E-state index contributed by atoms with van der Waals surface area (Å²) in [6, 6.07) is 6.17. The van der Waals surface area contributed by atoms with Gasteiger partial charge in [-0.25, -0.2) is 5.06 Å². The normalized spacial score (nSPS) is 10.6. The zero-order chi connectivity index (χ0) is 13.3. The number of carbonyl (C=O) groups excluding carboxylic acids is 1. The van der Waals surface area contributed by atoms with Crippen molar-refractivity contribution >= 4 is 32.8 Å². The summed E-state index contributed by atoms with van der Waals surface area (Å²) in [6.07, 6.45) is 0. The Morgan fingerprint density at radius 2 is 2.11 bits per heavy atom. The van der Waals surface area contributed by atoms with E-state index in [1.807, 2.05) is 0 Å². The summed E-state index contributed by atoms with van der Waals surface area (Å²) in [7, 11) is 2.79. The van der Waals surface area contributed by atoms with E-state index in [9.17, 15) is 9.59 Å². The van der Waals surface area contributed by atoms with E-state index in [1.165, 1.54) is 14.2 Å². The number of rotatable bonds is 2. The van der Waals surface area contributed by atoms with Crippen LogP contribution in [0.1, 0.15) is 10.6 Å². The highest BCUT2D eigenvalue weighted by Gasteiger charge is 2.16. The van der Waals surface area contributed by atoms with Crippen molar-refractivity contribution in [3.05, 3.63) is 44.7 Å². The smallest absolute Gasteiger partial charge is 0.312 e. The minimum Gasteiger partial charge on any atom is -0.451 e. The summed E-state index contributed by atoms with van der Waals surface area (Å²) in [5, 5.41) is 1.41. The number of hydroxylamine groups is 2. The molecule has 0 radical (unpaired) electrons. The molecule has 0 aliphatic rings. The molecule has 1 aromatic heterocycles. The monoisotopic (exact) mass is 311 g/mol. The number of benzene rings is 1. The number of halogens is 1. The fourth-order valence-corrected chi connectivity index (χ4v) is 1.83. The zero-order valence-corrected chi connectivity index (χ0v) is 11.4. The van der Waals surface area contributed by atoms with Crippen LogP contribution >= 0.6 is 15.9 Å². The first-order valence-electron chi connectivity index (χ1n) is 5.08. The van der Waals surface area contributed by atoms with E-state index in [-0.39, 0.29) is 11.2 Å². The summed E-state index contributed by atoms with van der Waals surface area (Å²) in [6.45, 7) is 0. The van der Waals surface area contributed by atoms with Gasteiger partial charge in [-0.3, -0.25) is 14.4 Å². The van der Waals surface area contributed by atoms with Crippen molar-refractivity contribution in [3.8, 4) is 0 Å². The lowest BCUT2D eigenvalue weighted by atomic mass is 10.2. The standard InChI is InChI=1S/C12H10BrNO4/c1-14(17-2)12(16)11-6-9(15)8-5-7(13)3-4-10(8)18-11/h3-6H,1-2H3. The maximum Gasteiger partial charge on any atom is 0.312 e. The molecule has 0 N–H and O–H groups in total. The predicted molar refractivity (Wildman–Crippen MR) is 69.3 cm³/mol. The van der Waals surface area contributed by atoms with Gasteiger partial charge in [-0.05, 0) is 18.2 Å². The van der Waals surface area contributed by atoms with Gasteiger partial charge in [-0.2, -0.15) is 0 Å². The third-order valence-electron chi connectivity index (χ3n) is 2.46. The number of carbonyl (C=O) groups is 1. The van der Waals surface area contributed by atoms with Crippen LogP contribution in [0.25, 0.3) is 11.0 Å². The van der Waals surface area contributed by atoms with Gasteiger partial charge in [0.25, 0.3) is 0 Å². The molecule has 1 amide bonds. The van der Waals surface area contributed by atoms with Crippen LogP contribution in [0.15, 0.2) is 37.9 Å². The van der Waals surface area contributed by atoms with Crippen LogP contribution in [0.2, 0.25) is 0 Å². The van der Waals surface area contributed by atoms with Crippen molar-refractivity contribution in [2.45, 2.75) is 0 Å². The highest BCUT2D eigenvalue weighted by atomic mass is 79.9. The minimum atomic E-state index is -0.514. The first kappa shape index (κ1) is 12.8. The Hall–Kier alpha value is -1.66. The SMILES string of the molecule is CON(C)C(=O)c1cc(=O)c2cc(Br)ccc2o1. The van der Waals surface area contributed by atoms with E-state index in [1.54, 1.807) is 18.2 Å². The van der Waals surface area contributed by atoms with Crippen LogP contribution < -0.4 is 5.43 Å². The second kappa shape index (κ2) is 4.91. The van der Waals surface area contributed by atoms with Crippen molar-refractivity contribution in [1.29, 1.82) is 0 Å². The second-order valence-electron chi connectivity index (χ2n) is 3.60. The van der Waals surface area contributed by atoms with E-state index in [2.05, 4.69) is 15.9 Å². The van der Waals surface area contributed by atoms with E-state index >= 15 is 0 Å². The maximum absolute atomic E-state index is 11.9. The molecule has 0 saturated carbocycles.